The molecule has 2 aromatic rings. The number of rotatable bonds is 4. The fourth-order valence-corrected chi connectivity index (χ4v) is 3.43. The van der Waals surface area contributed by atoms with Gasteiger partial charge in [-0.25, -0.2) is 0 Å². The Hall–Kier alpha value is -1.69. The van der Waals surface area contributed by atoms with Gasteiger partial charge in [-0.3, -0.25) is 9.59 Å². The van der Waals surface area contributed by atoms with Crippen molar-refractivity contribution in [2.45, 2.75) is 32.2 Å². The summed E-state index contributed by atoms with van der Waals surface area (Å²) < 4.78 is 1.10. The fourth-order valence-electron chi connectivity index (χ4n) is 3.07. The third-order valence-corrected chi connectivity index (χ3v) is 4.93. The van der Waals surface area contributed by atoms with E-state index in [0.29, 0.717) is 5.56 Å². The van der Waals surface area contributed by atoms with E-state index in [9.17, 15) is 9.59 Å². The van der Waals surface area contributed by atoms with E-state index in [2.05, 4.69) is 35.6 Å². The summed E-state index contributed by atoms with van der Waals surface area (Å²) in [6.07, 6.45) is 1.39. The van der Waals surface area contributed by atoms with Gasteiger partial charge in [0.25, 0.3) is 0 Å². The lowest BCUT2D eigenvalue weighted by atomic mass is 10.1. The zero-order chi connectivity index (χ0) is 16.4. The molecule has 23 heavy (non-hydrogen) atoms. The summed E-state index contributed by atoms with van der Waals surface area (Å²) in [5.74, 6) is 0.0520. The molecule has 0 saturated heterocycles. The van der Waals surface area contributed by atoms with Gasteiger partial charge in [0.2, 0.25) is 5.91 Å². The van der Waals surface area contributed by atoms with E-state index in [4.69, 9.17) is 0 Å². The van der Waals surface area contributed by atoms with Gasteiger partial charge in [0.15, 0.2) is 5.78 Å². The quantitative estimate of drug-likeness (QED) is 0.550. The number of halogens is 1. The van der Waals surface area contributed by atoms with E-state index in [0.717, 1.165) is 15.7 Å². The molecule has 0 aliphatic carbocycles. The van der Waals surface area contributed by atoms with Crippen LogP contribution in [0, 0.1) is 3.57 Å². The molecule has 118 valence electrons. The molecule has 1 atom stereocenters. The van der Waals surface area contributed by atoms with Gasteiger partial charge in [-0.2, -0.15) is 0 Å². The summed E-state index contributed by atoms with van der Waals surface area (Å²) in [5.41, 5.74) is 2.87. The second kappa shape index (κ2) is 6.83. The van der Waals surface area contributed by atoms with Crippen molar-refractivity contribution in [2.24, 2.45) is 0 Å². The Bertz CT molecular complexity index is 739. The van der Waals surface area contributed by atoms with Gasteiger partial charge < -0.3 is 4.90 Å². The largest absolute Gasteiger partial charge is 0.309 e. The molecule has 1 aliphatic heterocycles. The molecule has 4 heteroatoms. The first-order valence-corrected chi connectivity index (χ1v) is 8.83. The van der Waals surface area contributed by atoms with E-state index in [1.807, 2.05) is 47.4 Å². The summed E-state index contributed by atoms with van der Waals surface area (Å²) in [6.45, 7) is 2.05. The molecule has 1 aliphatic rings. The Morgan fingerprint density at radius 2 is 1.78 bits per heavy atom. The number of hydrogen-bond donors (Lipinski definition) is 0. The van der Waals surface area contributed by atoms with Gasteiger partial charge in [0.1, 0.15) is 0 Å². The first kappa shape index (κ1) is 16.2. The molecule has 0 fully saturated rings. The van der Waals surface area contributed by atoms with Crippen LogP contribution in [-0.2, 0) is 11.2 Å². The van der Waals surface area contributed by atoms with E-state index >= 15 is 0 Å². The van der Waals surface area contributed by atoms with E-state index in [-0.39, 0.29) is 30.6 Å². The monoisotopic (exact) mass is 419 g/mol. The maximum Gasteiger partial charge on any atom is 0.227 e. The zero-order valence-corrected chi connectivity index (χ0v) is 15.1. The number of benzene rings is 2. The molecule has 0 radical (unpaired) electrons. The number of carbonyl (C=O) groups is 2. The third-order valence-electron chi connectivity index (χ3n) is 4.21. The number of Topliss-reactive ketones (excluding diaryl/α,β-unsaturated/α-hetero) is 1. The highest BCUT2D eigenvalue weighted by molar-refractivity contribution is 14.1. The smallest absolute Gasteiger partial charge is 0.227 e. The molecular formula is C19H18INO2. The predicted molar refractivity (Wildman–Crippen MR) is 99.8 cm³/mol. The van der Waals surface area contributed by atoms with Crippen molar-refractivity contribution in [1.82, 2.24) is 0 Å². The lowest BCUT2D eigenvalue weighted by Gasteiger charge is -2.22. The van der Waals surface area contributed by atoms with Crippen LogP contribution in [0.5, 0.6) is 0 Å². The van der Waals surface area contributed by atoms with Crippen molar-refractivity contribution in [3.63, 3.8) is 0 Å². The van der Waals surface area contributed by atoms with Gasteiger partial charge in [-0.15, -0.1) is 0 Å². The number of anilines is 1. The minimum absolute atomic E-state index is 0.0230. The van der Waals surface area contributed by atoms with Gasteiger partial charge in [0, 0.05) is 33.7 Å². The normalized spacial score (nSPS) is 16.3. The Morgan fingerprint density at radius 1 is 1.09 bits per heavy atom. The third kappa shape index (κ3) is 3.47. The van der Waals surface area contributed by atoms with Gasteiger partial charge in [-0.1, -0.05) is 30.3 Å². The van der Waals surface area contributed by atoms with E-state index in [1.54, 1.807) is 0 Å². The van der Waals surface area contributed by atoms with Gasteiger partial charge in [-0.05, 0) is 59.7 Å². The van der Waals surface area contributed by atoms with Crippen molar-refractivity contribution >= 4 is 40.0 Å². The van der Waals surface area contributed by atoms with E-state index < -0.39 is 0 Å². The highest BCUT2D eigenvalue weighted by atomic mass is 127. The average Bonchev–Trinajstić information content (AvgIpc) is 2.88. The van der Waals surface area contributed by atoms with Crippen LogP contribution in [-0.4, -0.2) is 17.7 Å². The van der Waals surface area contributed by atoms with Crippen LogP contribution in [0.3, 0.4) is 0 Å². The van der Waals surface area contributed by atoms with Crippen LogP contribution in [0.1, 0.15) is 35.7 Å². The second-order valence-electron chi connectivity index (χ2n) is 5.88. The minimum atomic E-state index is 0.0230. The summed E-state index contributed by atoms with van der Waals surface area (Å²) in [6, 6.07) is 15.6. The number of fused-ring (bicyclic) bond motifs is 1. The summed E-state index contributed by atoms with van der Waals surface area (Å²) in [4.78, 5) is 26.7. The molecule has 0 saturated carbocycles. The maximum atomic E-state index is 12.6. The number of nitrogens with zero attached hydrogens (tertiary/aromatic N) is 1. The molecule has 3 nitrogen and oxygen atoms in total. The van der Waals surface area contributed by atoms with Crippen molar-refractivity contribution in [1.29, 1.82) is 0 Å². The van der Waals surface area contributed by atoms with E-state index in [1.165, 1.54) is 5.56 Å². The molecule has 1 heterocycles. The van der Waals surface area contributed by atoms with Crippen molar-refractivity contribution in [2.75, 3.05) is 4.90 Å². The van der Waals surface area contributed by atoms with Gasteiger partial charge >= 0.3 is 0 Å². The number of para-hydroxylation sites is 1. The van der Waals surface area contributed by atoms with Crippen molar-refractivity contribution in [3.05, 3.63) is 63.2 Å². The van der Waals surface area contributed by atoms with Crippen LogP contribution in [0.15, 0.2) is 48.5 Å². The number of ketones is 1. The second-order valence-corrected chi connectivity index (χ2v) is 7.12. The molecule has 3 rings (SSSR count). The molecule has 0 bridgehead atoms. The summed E-state index contributed by atoms with van der Waals surface area (Å²) >= 11 is 2.21. The van der Waals surface area contributed by atoms with Crippen LogP contribution < -0.4 is 4.90 Å². The standard InChI is InChI=1S/C19H18INO2/c1-13-12-15-4-2-3-5-17(15)21(13)19(23)11-10-18(22)14-6-8-16(20)9-7-14/h2-9,13H,10-12H2,1H3. The van der Waals surface area contributed by atoms with Crippen molar-refractivity contribution in [3.8, 4) is 0 Å². The maximum absolute atomic E-state index is 12.6. The fraction of sp³-hybridized carbons (Fsp3) is 0.263. The van der Waals surface area contributed by atoms with Crippen LogP contribution in [0.4, 0.5) is 5.69 Å². The molecule has 1 amide bonds. The number of hydrogen-bond acceptors (Lipinski definition) is 2. The Kier molecular flexibility index (Phi) is 4.80. The highest BCUT2D eigenvalue weighted by Crippen LogP contribution is 2.32. The Labute approximate surface area is 149 Å². The summed E-state index contributed by atoms with van der Waals surface area (Å²) in [7, 11) is 0. The minimum Gasteiger partial charge on any atom is -0.309 e. The number of amides is 1. The molecule has 2 aromatic carbocycles. The number of carbonyl (C=O) groups excluding carboxylic acids is 2. The first-order valence-electron chi connectivity index (χ1n) is 7.75. The summed E-state index contributed by atoms with van der Waals surface area (Å²) in [5, 5.41) is 0. The molecule has 0 aromatic heterocycles. The van der Waals surface area contributed by atoms with Crippen LogP contribution in [0.2, 0.25) is 0 Å². The average molecular weight is 419 g/mol. The lowest BCUT2D eigenvalue weighted by Crippen LogP contribution is -2.35. The highest BCUT2D eigenvalue weighted by Gasteiger charge is 2.30. The van der Waals surface area contributed by atoms with Gasteiger partial charge in [0.05, 0.1) is 0 Å². The lowest BCUT2D eigenvalue weighted by molar-refractivity contribution is -0.118. The molecular weight excluding hydrogens is 401 g/mol. The zero-order valence-electron chi connectivity index (χ0n) is 13.0. The van der Waals surface area contributed by atoms with Crippen molar-refractivity contribution < 1.29 is 9.59 Å². The molecule has 0 spiro atoms. The molecule has 1 unspecified atom stereocenters. The van der Waals surface area contributed by atoms with Crippen LogP contribution in [0.25, 0.3) is 0 Å². The Morgan fingerprint density at radius 3 is 2.52 bits per heavy atom. The SMILES string of the molecule is CC1Cc2ccccc2N1C(=O)CCC(=O)c1ccc(I)cc1. The Balaban J connectivity index is 1.66. The first-order chi connectivity index (χ1) is 11.1. The topological polar surface area (TPSA) is 37.4 Å². The van der Waals surface area contributed by atoms with Crippen LogP contribution >= 0.6 is 22.6 Å². The predicted octanol–water partition coefficient (Wildman–Crippen LogP) is 4.23. The molecule has 0 N–H and O–H groups in total.